The van der Waals surface area contributed by atoms with Crippen molar-refractivity contribution >= 4 is 17.3 Å². The SMILES string of the molecule is CCOC(=O)c1cnn([C@@H]2CCCN(Cc3ccsc3)C2)c1. The first kappa shape index (κ1) is 15.2. The van der Waals surface area contributed by atoms with Crippen molar-refractivity contribution in [2.45, 2.75) is 32.4 Å². The van der Waals surface area contributed by atoms with Crippen LogP contribution >= 0.6 is 11.3 Å². The Hall–Kier alpha value is -1.66. The van der Waals surface area contributed by atoms with Gasteiger partial charge in [-0.15, -0.1) is 0 Å². The molecule has 0 amide bonds. The van der Waals surface area contributed by atoms with Crippen molar-refractivity contribution in [3.05, 3.63) is 40.3 Å². The molecule has 0 spiro atoms. The van der Waals surface area contributed by atoms with E-state index < -0.39 is 0 Å². The van der Waals surface area contributed by atoms with E-state index in [0.717, 1.165) is 32.5 Å². The molecule has 0 unspecified atom stereocenters. The lowest BCUT2D eigenvalue weighted by molar-refractivity contribution is 0.0526. The van der Waals surface area contributed by atoms with Gasteiger partial charge >= 0.3 is 5.97 Å². The largest absolute Gasteiger partial charge is 0.462 e. The number of thiophene rings is 1. The molecule has 2 aromatic heterocycles. The molecule has 0 aromatic carbocycles. The lowest BCUT2D eigenvalue weighted by Crippen LogP contribution is -2.36. The van der Waals surface area contributed by atoms with Gasteiger partial charge in [-0.3, -0.25) is 9.58 Å². The summed E-state index contributed by atoms with van der Waals surface area (Å²) in [6, 6.07) is 2.51. The van der Waals surface area contributed by atoms with Crippen LogP contribution in [0.5, 0.6) is 0 Å². The van der Waals surface area contributed by atoms with Crippen molar-refractivity contribution < 1.29 is 9.53 Å². The number of nitrogens with zero attached hydrogens (tertiary/aromatic N) is 3. The highest BCUT2D eigenvalue weighted by molar-refractivity contribution is 7.07. The highest BCUT2D eigenvalue weighted by atomic mass is 32.1. The second-order valence-electron chi connectivity index (χ2n) is 5.59. The van der Waals surface area contributed by atoms with Crippen molar-refractivity contribution in [3.63, 3.8) is 0 Å². The van der Waals surface area contributed by atoms with Gasteiger partial charge < -0.3 is 4.74 Å². The van der Waals surface area contributed by atoms with Gasteiger partial charge in [-0.2, -0.15) is 16.4 Å². The van der Waals surface area contributed by atoms with Crippen LogP contribution in [0.25, 0.3) is 0 Å². The van der Waals surface area contributed by atoms with E-state index in [-0.39, 0.29) is 5.97 Å². The number of rotatable bonds is 5. The number of ether oxygens (including phenoxy) is 1. The van der Waals surface area contributed by atoms with Gasteiger partial charge in [0.15, 0.2) is 0 Å². The maximum absolute atomic E-state index is 11.7. The number of carbonyl (C=O) groups excluding carboxylic acids is 1. The van der Waals surface area contributed by atoms with Crippen LogP contribution in [0.1, 0.15) is 41.7 Å². The van der Waals surface area contributed by atoms with Crippen LogP contribution in [-0.4, -0.2) is 40.3 Å². The van der Waals surface area contributed by atoms with E-state index in [0.29, 0.717) is 18.2 Å². The summed E-state index contributed by atoms with van der Waals surface area (Å²) < 4.78 is 6.94. The monoisotopic (exact) mass is 319 g/mol. The molecular formula is C16H21N3O2S. The zero-order valence-corrected chi connectivity index (χ0v) is 13.6. The third kappa shape index (κ3) is 3.56. The Labute approximate surface area is 134 Å². The van der Waals surface area contributed by atoms with E-state index in [4.69, 9.17) is 4.74 Å². The third-order valence-electron chi connectivity index (χ3n) is 3.95. The molecule has 1 fully saturated rings. The van der Waals surface area contributed by atoms with Gasteiger partial charge in [-0.05, 0) is 48.7 Å². The number of piperidine rings is 1. The lowest BCUT2D eigenvalue weighted by atomic mass is 10.1. The van der Waals surface area contributed by atoms with Crippen LogP contribution in [0.3, 0.4) is 0 Å². The first-order valence-electron chi connectivity index (χ1n) is 7.71. The van der Waals surface area contributed by atoms with Gasteiger partial charge in [0.1, 0.15) is 0 Å². The fraction of sp³-hybridized carbons (Fsp3) is 0.500. The van der Waals surface area contributed by atoms with Crippen LogP contribution in [0.15, 0.2) is 29.2 Å². The minimum absolute atomic E-state index is 0.292. The third-order valence-corrected chi connectivity index (χ3v) is 4.69. The van der Waals surface area contributed by atoms with Gasteiger partial charge in [0.05, 0.1) is 24.4 Å². The molecule has 1 aliphatic heterocycles. The Balaban J connectivity index is 1.63. The summed E-state index contributed by atoms with van der Waals surface area (Å²) in [4.78, 5) is 14.2. The van der Waals surface area contributed by atoms with Gasteiger partial charge in [0.2, 0.25) is 0 Å². The van der Waals surface area contributed by atoms with Crippen molar-refractivity contribution in [2.75, 3.05) is 19.7 Å². The summed E-state index contributed by atoms with van der Waals surface area (Å²) >= 11 is 1.74. The molecule has 118 valence electrons. The zero-order chi connectivity index (χ0) is 15.4. The maximum atomic E-state index is 11.7. The van der Waals surface area contributed by atoms with Gasteiger partial charge in [0, 0.05) is 19.3 Å². The Morgan fingerprint density at radius 2 is 2.45 bits per heavy atom. The minimum atomic E-state index is -0.292. The predicted molar refractivity (Wildman–Crippen MR) is 86.1 cm³/mol. The van der Waals surface area contributed by atoms with Gasteiger partial charge in [0.25, 0.3) is 0 Å². The summed E-state index contributed by atoms with van der Waals surface area (Å²) in [5.41, 5.74) is 1.91. The number of likely N-dealkylation sites (tertiary alicyclic amines) is 1. The maximum Gasteiger partial charge on any atom is 0.341 e. The molecule has 0 saturated carbocycles. The zero-order valence-electron chi connectivity index (χ0n) is 12.8. The predicted octanol–water partition coefficient (Wildman–Crippen LogP) is 2.96. The number of carbonyl (C=O) groups is 1. The van der Waals surface area contributed by atoms with Crippen molar-refractivity contribution in [1.82, 2.24) is 14.7 Å². The van der Waals surface area contributed by atoms with E-state index in [1.807, 2.05) is 17.8 Å². The molecule has 3 rings (SSSR count). The van der Waals surface area contributed by atoms with Crippen molar-refractivity contribution in [1.29, 1.82) is 0 Å². The molecular weight excluding hydrogens is 298 g/mol. The van der Waals surface area contributed by atoms with Crippen molar-refractivity contribution in [2.24, 2.45) is 0 Å². The van der Waals surface area contributed by atoms with Gasteiger partial charge in [-0.25, -0.2) is 4.79 Å². The summed E-state index contributed by atoms with van der Waals surface area (Å²) in [6.07, 6.45) is 5.68. The molecule has 22 heavy (non-hydrogen) atoms. The molecule has 6 heteroatoms. The van der Waals surface area contributed by atoms with E-state index in [1.54, 1.807) is 17.5 Å². The minimum Gasteiger partial charge on any atom is -0.462 e. The first-order chi connectivity index (χ1) is 10.8. The van der Waals surface area contributed by atoms with Crippen molar-refractivity contribution in [3.8, 4) is 0 Å². The first-order valence-corrected chi connectivity index (χ1v) is 8.65. The number of hydrogen-bond acceptors (Lipinski definition) is 5. The van der Waals surface area contributed by atoms with Crippen LogP contribution in [-0.2, 0) is 11.3 Å². The Bertz CT molecular complexity index is 609. The molecule has 1 atom stereocenters. The van der Waals surface area contributed by atoms with Crippen LogP contribution < -0.4 is 0 Å². The molecule has 1 aliphatic rings. The molecule has 0 aliphatic carbocycles. The van der Waals surface area contributed by atoms with Gasteiger partial charge in [-0.1, -0.05) is 0 Å². The standard InChI is InChI=1S/C16H21N3O2S/c1-2-21-16(20)14-8-17-19(10-14)15-4-3-6-18(11-15)9-13-5-7-22-12-13/h5,7-8,10,12,15H,2-4,6,9,11H2,1H3/t15-/m1/s1. The highest BCUT2D eigenvalue weighted by Crippen LogP contribution is 2.23. The van der Waals surface area contributed by atoms with E-state index in [1.165, 1.54) is 5.56 Å². The summed E-state index contributed by atoms with van der Waals surface area (Å²) in [7, 11) is 0. The fourth-order valence-corrected chi connectivity index (χ4v) is 3.55. The number of hydrogen-bond donors (Lipinski definition) is 0. The highest BCUT2D eigenvalue weighted by Gasteiger charge is 2.23. The summed E-state index contributed by atoms with van der Waals surface area (Å²) in [5.74, 6) is -0.292. The van der Waals surface area contributed by atoms with Crippen LogP contribution in [0, 0.1) is 0 Å². The topological polar surface area (TPSA) is 47.4 Å². The smallest absolute Gasteiger partial charge is 0.341 e. The van der Waals surface area contributed by atoms with E-state index in [9.17, 15) is 4.79 Å². The average Bonchev–Trinajstić information content (AvgIpc) is 3.19. The molecule has 0 radical (unpaired) electrons. The van der Waals surface area contributed by atoms with E-state index in [2.05, 4.69) is 26.8 Å². The number of aromatic nitrogens is 2. The molecule has 0 N–H and O–H groups in total. The lowest BCUT2D eigenvalue weighted by Gasteiger charge is -2.32. The number of esters is 1. The Morgan fingerprint density at radius 3 is 3.23 bits per heavy atom. The molecule has 0 bridgehead atoms. The normalized spacial score (nSPS) is 19.2. The Kier molecular flexibility index (Phi) is 4.90. The second kappa shape index (κ2) is 7.07. The molecule has 2 aromatic rings. The summed E-state index contributed by atoms with van der Waals surface area (Å²) in [6.45, 7) is 5.29. The van der Waals surface area contributed by atoms with E-state index >= 15 is 0 Å². The quantitative estimate of drug-likeness (QED) is 0.795. The van der Waals surface area contributed by atoms with Crippen LogP contribution in [0.4, 0.5) is 0 Å². The van der Waals surface area contributed by atoms with Crippen LogP contribution in [0.2, 0.25) is 0 Å². The Morgan fingerprint density at radius 1 is 1.55 bits per heavy atom. The summed E-state index contributed by atoms with van der Waals surface area (Å²) in [5, 5.41) is 8.69. The second-order valence-corrected chi connectivity index (χ2v) is 6.37. The molecule has 5 nitrogen and oxygen atoms in total. The average molecular weight is 319 g/mol. The fourth-order valence-electron chi connectivity index (χ4n) is 2.89. The molecule has 3 heterocycles. The molecule has 1 saturated heterocycles.